The van der Waals surface area contributed by atoms with E-state index in [1.165, 1.54) is 13.2 Å². The molecule has 1 fully saturated rings. The van der Waals surface area contributed by atoms with Gasteiger partial charge in [0.2, 0.25) is 0 Å². The van der Waals surface area contributed by atoms with Gasteiger partial charge in [-0.1, -0.05) is 0 Å². The molecule has 1 atom stereocenters. The van der Waals surface area contributed by atoms with Crippen LogP contribution in [0.2, 0.25) is 0 Å². The number of rotatable bonds is 3. The number of hydrogen-bond donors (Lipinski definition) is 2. The minimum atomic E-state index is -0.450. The highest BCUT2D eigenvalue weighted by Crippen LogP contribution is 2.33. The van der Waals surface area contributed by atoms with Crippen molar-refractivity contribution in [2.24, 2.45) is 5.92 Å². The summed E-state index contributed by atoms with van der Waals surface area (Å²) in [6.07, 6.45) is 2.02. The normalized spacial score (nSPS) is 19.9. The van der Waals surface area contributed by atoms with E-state index in [1.54, 1.807) is 6.07 Å². The van der Waals surface area contributed by atoms with Gasteiger partial charge in [0.05, 0.1) is 18.5 Å². The van der Waals surface area contributed by atoms with Crippen LogP contribution in [0.25, 0.3) is 0 Å². The minimum absolute atomic E-state index is 0.175. The van der Waals surface area contributed by atoms with Crippen LogP contribution in [-0.2, 0) is 0 Å². The molecule has 2 rings (SSSR count). The van der Waals surface area contributed by atoms with E-state index in [2.05, 4.69) is 4.90 Å². The molecule has 1 aliphatic rings. The first kappa shape index (κ1) is 13.0. The van der Waals surface area contributed by atoms with Gasteiger partial charge in [-0.2, -0.15) is 0 Å². The fraction of sp³-hybridized carbons (Fsp3) is 0.538. The van der Waals surface area contributed by atoms with Crippen molar-refractivity contribution in [2.75, 3.05) is 37.4 Å². The molecule has 0 bridgehead atoms. The average Bonchev–Trinajstić information content (AvgIpc) is 2.39. The molecule has 0 saturated carbocycles. The molecule has 1 aromatic carbocycles. The lowest BCUT2D eigenvalue weighted by atomic mass is 9.98. The van der Waals surface area contributed by atoms with Crippen molar-refractivity contribution in [1.29, 1.82) is 0 Å². The number of halogens is 1. The number of hydrogen-bond acceptors (Lipinski definition) is 4. The van der Waals surface area contributed by atoms with Gasteiger partial charge >= 0.3 is 0 Å². The van der Waals surface area contributed by atoms with Gasteiger partial charge in [0.1, 0.15) is 0 Å². The fourth-order valence-electron chi connectivity index (χ4n) is 2.42. The monoisotopic (exact) mass is 254 g/mol. The van der Waals surface area contributed by atoms with Gasteiger partial charge in [-0.25, -0.2) is 4.39 Å². The van der Waals surface area contributed by atoms with Crippen LogP contribution < -0.4 is 15.4 Å². The Kier molecular flexibility index (Phi) is 3.91. The van der Waals surface area contributed by atoms with Crippen molar-refractivity contribution in [3.8, 4) is 5.75 Å². The first-order valence-electron chi connectivity index (χ1n) is 6.14. The molecule has 1 saturated heterocycles. The summed E-state index contributed by atoms with van der Waals surface area (Å²) < 4.78 is 18.5. The standard InChI is InChI=1S/C13H19FN2O2/c1-18-13-6-12(11(15)5-10(13)14)16-4-2-3-9(7-16)8-17/h5-6,9,17H,2-4,7-8,15H2,1H3. The smallest absolute Gasteiger partial charge is 0.167 e. The number of aliphatic hydroxyl groups excluding tert-OH is 1. The molecule has 1 heterocycles. The van der Waals surface area contributed by atoms with Crippen LogP contribution in [0.1, 0.15) is 12.8 Å². The zero-order valence-corrected chi connectivity index (χ0v) is 10.5. The molecular weight excluding hydrogens is 235 g/mol. The predicted octanol–water partition coefficient (Wildman–Crippen LogP) is 1.63. The number of nitrogens with zero attached hydrogens (tertiary/aromatic N) is 1. The van der Waals surface area contributed by atoms with E-state index >= 15 is 0 Å². The van der Waals surface area contributed by atoms with Crippen molar-refractivity contribution in [3.05, 3.63) is 17.9 Å². The summed E-state index contributed by atoms with van der Waals surface area (Å²) in [5.41, 5.74) is 7.06. The van der Waals surface area contributed by atoms with Crippen LogP contribution in [0, 0.1) is 11.7 Å². The van der Waals surface area contributed by atoms with E-state index < -0.39 is 5.82 Å². The average molecular weight is 254 g/mol. The number of nitrogen functional groups attached to an aromatic ring is 1. The summed E-state index contributed by atoms with van der Waals surface area (Å²) >= 11 is 0. The molecule has 0 aliphatic carbocycles. The zero-order valence-electron chi connectivity index (χ0n) is 10.5. The van der Waals surface area contributed by atoms with Gasteiger partial charge in [0.15, 0.2) is 11.6 Å². The van der Waals surface area contributed by atoms with Crippen LogP contribution in [0.5, 0.6) is 5.75 Å². The van der Waals surface area contributed by atoms with E-state index in [0.29, 0.717) is 5.69 Å². The van der Waals surface area contributed by atoms with Gasteiger partial charge in [-0.15, -0.1) is 0 Å². The van der Waals surface area contributed by atoms with Gasteiger partial charge in [-0.3, -0.25) is 0 Å². The van der Waals surface area contributed by atoms with Crippen LogP contribution in [0.15, 0.2) is 12.1 Å². The summed E-state index contributed by atoms with van der Waals surface area (Å²) in [4.78, 5) is 2.08. The minimum Gasteiger partial charge on any atom is -0.494 e. The van der Waals surface area contributed by atoms with Crippen molar-refractivity contribution < 1.29 is 14.2 Å². The van der Waals surface area contributed by atoms with Crippen molar-refractivity contribution in [2.45, 2.75) is 12.8 Å². The molecule has 4 nitrogen and oxygen atoms in total. The molecule has 1 unspecified atom stereocenters. The maximum Gasteiger partial charge on any atom is 0.167 e. The maximum atomic E-state index is 13.5. The third-order valence-electron chi connectivity index (χ3n) is 3.42. The van der Waals surface area contributed by atoms with Crippen LogP contribution in [0.3, 0.4) is 0 Å². The Labute approximate surface area is 106 Å². The van der Waals surface area contributed by atoms with Gasteiger partial charge in [0, 0.05) is 31.8 Å². The lowest BCUT2D eigenvalue weighted by Crippen LogP contribution is -2.37. The SMILES string of the molecule is COc1cc(N2CCCC(CO)C2)c(N)cc1F. The predicted molar refractivity (Wildman–Crippen MR) is 69.4 cm³/mol. The third kappa shape index (κ3) is 2.51. The molecule has 100 valence electrons. The van der Waals surface area contributed by atoms with Crippen molar-refractivity contribution in [1.82, 2.24) is 0 Å². The Hall–Kier alpha value is -1.49. The lowest BCUT2D eigenvalue weighted by Gasteiger charge is -2.34. The molecule has 3 N–H and O–H groups in total. The largest absolute Gasteiger partial charge is 0.494 e. The van der Waals surface area contributed by atoms with Gasteiger partial charge < -0.3 is 20.5 Å². The molecule has 5 heteroatoms. The molecule has 0 spiro atoms. The summed E-state index contributed by atoms with van der Waals surface area (Å²) in [6.45, 7) is 1.79. The van der Waals surface area contributed by atoms with Gasteiger partial charge in [0.25, 0.3) is 0 Å². The van der Waals surface area contributed by atoms with E-state index in [9.17, 15) is 9.50 Å². The zero-order chi connectivity index (χ0) is 13.1. The topological polar surface area (TPSA) is 58.7 Å². The Balaban J connectivity index is 2.26. The second-order valence-electron chi connectivity index (χ2n) is 4.68. The maximum absolute atomic E-state index is 13.5. The third-order valence-corrected chi connectivity index (χ3v) is 3.42. The molecule has 18 heavy (non-hydrogen) atoms. The summed E-state index contributed by atoms with van der Waals surface area (Å²) in [7, 11) is 1.44. The van der Waals surface area contributed by atoms with Crippen LogP contribution in [-0.4, -0.2) is 31.9 Å². The number of anilines is 2. The first-order valence-corrected chi connectivity index (χ1v) is 6.14. The van der Waals surface area contributed by atoms with Crippen LogP contribution >= 0.6 is 0 Å². The quantitative estimate of drug-likeness (QED) is 0.805. The fourth-order valence-corrected chi connectivity index (χ4v) is 2.42. The highest BCUT2D eigenvalue weighted by atomic mass is 19.1. The Bertz CT molecular complexity index is 426. The first-order chi connectivity index (χ1) is 8.65. The van der Waals surface area contributed by atoms with Crippen LogP contribution in [0.4, 0.5) is 15.8 Å². The Morgan fingerprint density at radius 1 is 1.56 bits per heavy atom. The molecule has 1 aliphatic heterocycles. The highest BCUT2D eigenvalue weighted by molar-refractivity contribution is 5.70. The number of piperidine rings is 1. The lowest BCUT2D eigenvalue weighted by molar-refractivity contribution is 0.209. The van der Waals surface area contributed by atoms with E-state index in [4.69, 9.17) is 10.5 Å². The van der Waals surface area contributed by atoms with E-state index in [1.807, 2.05) is 0 Å². The van der Waals surface area contributed by atoms with Crippen molar-refractivity contribution in [3.63, 3.8) is 0 Å². The molecule has 0 aromatic heterocycles. The second kappa shape index (κ2) is 5.44. The highest BCUT2D eigenvalue weighted by Gasteiger charge is 2.22. The number of nitrogens with two attached hydrogens (primary N) is 1. The van der Waals surface area contributed by atoms with E-state index in [0.717, 1.165) is 31.6 Å². The number of aliphatic hydroxyl groups is 1. The van der Waals surface area contributed by atoms with Crippen molar-refractivity contribution >= 4 is 11.4 Å². The Morgan fingerprint density at radius 3 is 3.00 bits per heavy atom. The molecule has 1 aromatic rings. The molecule has 0 radical (unpaired) electrons. The molecular formula is C13H19FN2O2. The van der Waals surface area contributed by atoms with Gasteiger partial charge in [-0.05, 0) is 18.8 Å². The Morgan fingerprint density at radius 2 is 2.33 bits per heavy atom. The number of methoxy groups -OCH3 is 1. The summed E-state index contributed by atoms with van der Waals surface area (Å²) in [6, 6.07) is 2.92. The summed E-state index contributed by atoms with van der Waals surface area (Å²) in [5.74, 6) is 0.00832. The second-order valence-corrected chi connectivity index (χ2v) is 4.68. The van der Waals surface area contributed by atoms with E-state index in [-0.39, 0.29) is 18.3 Å². The molecule has 0 amide bonds. The number of benzene rings is 1. The number of ether oxygens (including phenoxy) is 1. The summed E-state index contributed by atoms with van der Waals surface area (Å²) in [5, 5.41) is 9.23.